The minimum atomic E-state index is -0.112. The van der Waals surface area contributed by atoms with Crippen LogP contribution in [0.3, 0.4) is 0 Å². The van der Waals surface area contributed by atoms with E-state index in [9.17, 15) is 4.79 Å². The first-order valence-electron chi connectivity index (χ1n) is 6.87. The number of benzene rings is 2. The van der Waals surface area contributed by atoms with Crippen molar-refractivity contribution in [1.29, 1.82) is 0 Å². The zero-order valence-corrected chi connectivity index (χ0v) is 13.9. The summed E-state index contributed by atoms with van der Waals surface area (Å²) in [5, 5.41) is 0.420. The van der Waals surface area contributed by atoms with E-state index in [0.29, 0.717) is 27.8 Å². The third-order valence-corrected chi connectivity index (χ3v) is 3.54. The van der Waals surface area contributed by atoms with Crippen LogP contribution < -0.4 is 14.2 Å². The molecule has 0 aliphatic rings. The Balaban J connectivity index is 2.21. The van der Waals surface area contributed by atoms with Crippen molar-refractivity contribution >= 4 is 23.5 Å². The Labute approximate surface area is 140 Å². The van der Waals surface area contributed by atoms with Gasteiger partial charge in [-0.25, -0.2) is 0 Å². The number of halogens is 1. The molecule has 0 saturated heterocycles. The van der Waals surface area contributed by atoms with Gasteiger partial charge in [-0.3, -0.25) is 4.79 Å². The van der Waals surface area contributed by atoms with E-state index in [4.69, 9.17) is 25.8 Å². The van der Waals surface area contributed by atoms with Crippen LogP contribution in [-0.4, -0.2) is 27.1 Å². The molecule has 2 rings (SSSR count). The molecule has 0 aliphatic carbocycles. The lowest BCUT2D eigenvalue weighted by molar-refractivity contribution is 0.104. The van der Waals surface area contributed by atoms with E-state index in [-0.39, 0.29) is 5.78 Å². The largest absolute Gasteiger partial charge is 0.497 e. The lowest BCUT2D eigenvalue weighted by Crippen LogP contribution is -1.95. The van der Waals surface area contributed by atoms with Crippen LogP contribution in [0.25, 0.3) is 6.08 Å². The van der Waals surface area contributed by atoms with Crippen molar-refractivity contribution in [1.82, 2.24) is 0 Å². The maximum absolute atomic E-state index is 12.2. The Kier molecular flexibility index (Phi) is 5.66. The summed E-state index contributed by atoms with van der Waals surface area (Å²) in [7, 11) is 4.63. The zero-order valence-electron chi connectivity index (χ0n) is 13.1. The van der Waals surface area contributed by atoms with Crippen LogP contribution in [0, 0.1) is 0 Å². The molecule has 0 aromatic heterocycles. The molecule has 120 valence electrons. The van der Waals surface area contributed by atoms with Gasteiger partial charge in [-0.2, -0.15) is 0 Å². The third kappa shape index (κ3) is 4.05. The maximum atomic E-state index is 12.2. The van der Waals surface area contributed by atoms with Crippen molar-refractivity contribution in [2.24, 2.45) is 0 Å². The van der Waals surface area contributed by atoms with Crippen LogP contribution in [0.2, 0.25) is 5.02 Å². The molecule has 0 spiro atoms. The van der Waals surface area contributed by atoms with Gasteiger partial charge in [0.25, 0.3) is 0 Å². The van der Waals surface area contributed by atoms with Gasteiger partial charge in [0, 0.05) is 5.56 Å². The molecule has 5 heteroatoms. The Morgan fingerprint density at radius 1 is 1.00 bits per heavy atom. The first-order chi connectivity index (χ1) is 11.1. The van der Waals surface area contributed by atoms with Crippen molar-refractivity contribution in [3.63, 3.8) is 0 Å². The van der Waals surface area contributed by atoms with Gasteiger partial charge in [0.1, 0.15) is 5.75 Å². The van der Waals surface area contributed by atoms with Gasteiger partial charge in [-0.1, -0.05) is 17.7 Å². The molecule has 2 aromatic carbocycles. The molecular weight excluding hydrogens is 316 g/mol. The molecule has 0 aliphatic heterocycles. The second-order valence-electron chi connectivity index (χ2n) is 4.66. The summed E-state index contributed by atoms with van der Waals surface area (Å²) in [4.78, 5) is 12.2. The molecule has 0 saturated carbocycles. The van der Waals surface area contributed by atoms with E-state index in [1.807, 2.05) is 0 Å². The first kappa shape index (κ1) is 16.9. The van der Waals surface area contributed by atoms with Gasteiger partial charge in [0.2, 0.25) is 0 Å². The Morgan fingerprint density at radius 2 is 1.70 bits per heavy atom. The molecule has 23 heavy (non-hydrogen) atoms. The van der Waals surface area contributed by atoms with Gasteiger partial charge in [0.15, 0.2) is 17.3 Å². The monoisotopic (exact) mass is 332 g/mol. The predicted octanol–water partition coefficient (Wildman–Crippen LogP) is 4.26. The van der Waals surface area contributed by atoms with Crippen molar-refractivity contribution in [3.05, 3.63) is 58.6 Å². The summed E-state index contributed by atoms with van der Waals surface area (Å²) in [6, 6.07) is 10.4. The van der Waals surface area contributed by atoms with Gasteiger partial charge in [0.05, 0.1) is 26.4 Å². The number of rotatable bonds is 6. The summed E-state index contributed by atoms with van der Waals surface area (Å²) in [5.74, 6) is 1.57. The van der Waals surface area contributed by atoms with Gasteiger partial charge in [-0.05, 0) is 48.0 Å². The van der Waals surface area contributed by atoms with Gasteiger partial charge < -0.3 is 14.2 Å². The highest BCUT2D eigenvalue weighted by Gasteiger charge is 2.10. The van der Waals surface area contributed by atoms with Crippen LogP contribution in [0.1, 0.15) is 15.9 Å². The number of hydrogen-bond donors (Lipinski definition) is 0. The van der Waals surface area contributed by atoms with Crippen molar-refractivity contribution in [2.75, 3.05) is 21.3 Å². The van der Waals surface area contributed by atoms with Crippen molar-refractivity contribution < 1.29 is 19.0 Å². The maximum Gasteiger partial charge on any atom is 0.185 e. The zero-order chi connectivity index (χ0) is 16.8. The van der Waals surface area contributed by atoms with E-state index in [0.717, 1.165) is 5.56 Å². The normalized spacial score (nSPS) is 10.6. The standard InChI is InChI=1S/C18H17ClO4/c1-21-14-7-5-13(6-8-14)16(20)9-4-12-10-15(19)18(23-3)17(11-12)22-2/h4-11H,1-3H3. The van der Waals surface area contributed by atoms with E-state index in [1.165, 1.54) is 20.3 Å². The minimum Gasteiger partial charge on any atom is -0.497 e. The molecule has 4 nitrogen and oxygen atoms in total. The van der Waals surface area contributed by atoms with Crippen LogP contribution in [0.15, 0.2) is 42.5 Å². The molecule has 0 N–H and O–H groups in total. The number of ether oxygens (including phenoxy) is 3. The highest BCUT2D eigenvalue weighted by atomic mass is 35.5. The smallest absolute Gasteiger partial charge is 0.185 e. The van der Waals surface area contributed by atoms with Crippen molar-refractivity contribution in [3.8, 4) is 17.2 Å². The quantitative estimate of drug-likeness (QED) is 0.585. The fourth-order valence-electron chi connectivity index (χ4n) is 2.06. The van der Waals surface area contributed by atoms with E-state index < -0.39 is 0 Å². The fraction of sp³-hybridized carbons (Fsp3) is 0.167. The van der Waals surface area contributed by atoms with Crippen LogP contribution in [0.5, 0.6) is 17.2 Å². The summed E-state index contributed by atoms with van der Waals surface area (Å²) < 4.78 is 15.5. The van der Waals surface area contributed by atoms with Crippen molar-refractivity contribution in [2.45, 2.75) is 0 Å². The van der Waals surface area contributed by atoms with E-state index in [2.05, 4.69) is 0 Å². The lowest BCUT2D eigenvalue weighted by atomic mass is 10.1. The average molecular weight is 333 g/mol. The number of hydrogen-bond acceptors (Lipinski definition) is 4. The highest BCUT2D eigenvalue weighted by molar-refractivity contribution is 6.32. The molecule has 2 aromatic rings. The van der Waals surface area contributed by atoms with Crippen LogP contribution >= 0.6 is 11.6 Å². The predicted molar refractivity (Wildman–Crippen MR) is 90.9 cm³/mol. The molecule has 0 atom stereocenters. The summed E-state index contributed by atoms with van der Waals surface area (Å²) >= 11 is 6.14. The molecule has 0 heterocycles. The Bertz CT molecular complexity index is 721. The van der Waals surface area contributed by atoms with E-state index >= 15 is 0 Å². The number of methoxy groups -OCH3 is 3. The lowest BCUT2D eigenvalue weighted by Gasteiger charge is -2.10. The number of carbonyl (C=O) groups is 1. The first-order valence-corrected chi connectivity index (χ1v) is 7.24. The Hall–Kier alpha value is -2.46. The second-order valence-corrected chi connectivity index (χ2v) is 5.07. The van der Waals surface area contributed by atoms with Gasteiger partial charge in [-0.15, -0.1) is 0 Å². The van der Waals surface area contributed by atoms with E-state index in [1.54, 1.807) is 49.6 Å². The summed E-state index contributed by atoms with van der Waals surface area (Å²) in [6.07, 6.45) is 3.17. The molecule has 0 radical (unpaired) electrons. The molecule has 0 unspecified atom stereocenters. The third-order valence-electron chi connectivity index (χ3n) is 3.26. The average Bonchev–Trinajstić information content (AvgIpc) is 2.59. The number of carbonyl (C=O) groups excluding carboxylic acids is 1. The van der Waals surface area contributed by atoms with Crippen LogP contribution in [-0.2, 0) is 0 Å². The molecule has 0 bridgehead atoms. The molecule has 0 fully saturated rings. The topological polar surface area (TPSA) is 44.8 Å². The SMILES string of the molecule is COc1ccc(C(=O)C=Cc2cc(Cl)c(OC)c(OC)c2)cc1. The minimum absolute atomic E-state index is 0.112. The van der Waals surface area contributed by atoms with Gasteiger partial charge >= 0.3 is 0 Å². The number of allylic oxidation sites excluding steroid dienone is 1. The summed E-state index contributed by atoms with van der Waals surface area (Å²) in [5.41, 5.74) is 1.32. The highest BCUT2D eigenvalue weighted by Crippen LogP contribution is 2.36. The summed E-state index contributed by atoms with van der Waals surface area (Å²) in [6.45, 7) is 0. The molecule has 0 amide bonds. The molecular formula is C18H17ClO4. The second kappa shape index (κ2) is 7.70. The number of ketones is 1. The van der Waals surface area contributed by atoms with Crippen LogP contribution in [0.4, 0.5) is 0 Å². The Morgan fingerprint density at radius 3 is 2.26 bits per heavy atom. The fourth-order valence-corrected chi connectivity index (χ4v) is 2.35.